The van der Waals surface area contributed by atoms with E-state index in [1.807, 2.05) is 4.90 Å². The first-order valence-electron chi connectivity index (χ1n) is 6.61. The summed E-state index contributed by atoms with van der Waals surface area (Å²) in [6.45, 7) is 6.99. The first-order chi connectivity index (χ1) is 7.63. The summed E-state index contributed by atoms with van der Waals surface area (Å²) in [5.74, 6) is 1.57. The number of carbonyl (C=O) groups is 1. The highest BCUT2D eigenvalue weighted by atomic mass is 16.2. The number of hydrogen-bond donors (Lipinski definition) is 1. The smallest absolute Gasteiger partial charge is 0.222 e. The quantitative estimate of drug-likeness (QED) is 0.797. The van der Waals surface area contributed by atoms with Gasteiger partial charge < -0.3 is 10.6 Å². The third-order valence-corrected chi connectivity index (χ3v) is 3.62. The summed E-state index contributed by atoms with van der Waals surface area (Å²) in [6.07, 6.45) is 5.20. The first-order valence-corrected chi connectivity index (χ1v) is 6.61. The van der Waals surface area contributed by atoms with Crippen molar-refractivity contribution < 1.29 is 4.79 Å². The van der Waals surface area contributed by atoms with E-state index < -0.39 is 0 Å². The predicted octanol–water partition coefficient (Wildman–Crippen LogP) is 2.01. The van der Waals surface area contributed by atoms with Crippen LogP contribution in [0.2, 0.25) is 0 Å². The van der Waals surface area contributed by atoms with Crippen molar-refractivity contribution in [3.63, 3.8) is 0 Å². The molecule has 1 aliphatic rings. The predicted molar refractivity (Wildman–Crippen MR) is 67.0 cm³/mol. The second-order valence-electron chi connectivity index (χ2n) is 5.30. The maximum absolute atomic E-state index is 12.0. The second kappa shape index (κ2) is 6.89. The fourth-order valence-electron chi connectivity index (χ4n) is 2.16. The molecule has 1 aliphatic heterocycles. The molecule has 3 heteroatoms. The topological polar surface area (TPSA) is 46.3 Å². The van der Waals surface area contributed by atoms with Crippen molar-refractivity contribution in [1.29, 1.82) is 0 Å². The highest BCUT2D eigenvalue weighted by Crippen LogP contribution is 2.17. The van der Waals surface area contributed by atoms with E-state index in [1.165, 1.54) is 12.8 Å². The van der Waals surface area contributed by atoms with Crippen molar-refractivity contribution in [2.24, 2.45) is 17.6 Å². The molecule has 3 nitrogen and oxygen atoms in total. The second-order valence-corrected chi connectivity index (χ2v) is 5.30. The molecule has 1 amide bonds. The van der Waals surface area contributed by atoms with Crippen LogP contribution in [0, 0.1) is 11.8 Å². The molecule has 94 valence electrons. The van der Waals surface area contributed by atoms with Crippen molar-refractivity contribution in [3.05, 3.63) is 0 Å². The molecule has 1 rings (SSSR count). The highest BCUT2D eigenvalue weighted by Gasteiger charge is 2.18. The molecule has 0 aromatic rings. The molecule has 1 saturated heterocycles. The minimum absolute atomic E-state index is 0.328. The average molecular weight is 226 g/mol. The molecule has 0 radical (unpaired) electrons. The van der Waals surface area contributed by atoms with Crippen LogP contribution in [0.4, 0.5) is 0 Å². The standard InChI is InChI=1S/C13H26N2O/c1-11-4-3-8-15(9-7-11)13(16)6-5-12(2)10-14/h11-12H,3-10,14H2,1-2H3. The molecule has 2 N–H and O–H groups in total. The minimum Gasteiger partial charge on any atom is -0.343 e. The summed E-state index contributed by atoms with van der Waals surface area (Å²) in [7, 11) is 0. The van der Waals surface area contributed by atoms with Gasteiger partial charge in [-0.05, 0) is 44.1 Å². The molecule has 2 unspecified atom stereocenters. The van der Waals surface area contributed by atoms with Crippen LogP contribution in [0.1, 0.15) is 46.0 Å². The van der Waals surface area contributed by atoms with Crippen LogP contribution in [0.25, 0.3) is 0 Å². The highest BCUT2D eigenvalue weighted by molar-refractivity contribution is 5.76. The zero-order valence-electron chi connectivity index (χ0n) is 10.7. The molecule has 0 aromatic carbocycles. The van der Waals surface area contributed by atoms with E-state index in [0.29, 0.717) is 24.8 Å². The summed E-state index contributed by atoms with van der Waals surface area (Å²) >= 11 is 0. The zero-order chi connectivity index (χ0) is 12.0. The van der Waals surface area contributed by atoms with Crippen LogP contribution in [-0.4, -0.2) is 30.4 Å². The van der Waals surface area contributed by atoms with Gasteiger partial charge in [-0.15, -0.1) is 0 Å². The molecule has 16 heavy (non-hydrogen) atoms. The fourth-order valence-corrected chi connectivity index (χ4v) is 2.16. The number of rotatable bonds is 4. The van der Waals surface area contributed by atoms with Gasteiger partial charge in [0, 0.05) is 19.5 Å². The molecule has 1 fully saturated rings. The van der Waals surface area contributed by atoms with Crippen LogP contribution in [0.3, 0.4) is 0 Å². The first kappa shape index (κ1) is 13.5. The number of hydrogen-bond acceptors (Lipinski definition) is 2. The van der Waals surface area contributed by atoms with Crippen LogP contribution in [0.5, 0.6) is 0 Å². The van der Waals surface area contributed by atoms with Gasteiger partial charge in [-0.25, -0.2) is 0 Å². The Morgan fingerprint density at radius 2 is 2.19 bits per heavy atom. The van der Waals surface area contributed by atoms with Crippen molar-refractivity contribution in [2.75, 3.05) is 19.6 Å². The SMILES string of the molecule is CC(CN)CCC(=O)N1CCCC(C)CC1. The van der Waals surface area contributed by atoms with E-state index in [2.05, 4.69) is 13.8 Å². The Balaban J connectivity index is 2.29. The minimum atomic E-state index is 0.328. The lowest BCUT2D eigenvalue weighted by Gasteiger charge is -2.21. The lowest BCUT2D eigenvalue weighted by Crippen LogP contribution is -2.32. The lowest BCUT2D eigenvalue weighted by atomic mass is 10.0. The van der Waals surface area contributed by atoms with E-state index in [1.54, 1.807) is 0 Å². The largest absolute Gasteiger partial charge is 0.343 e. The molecule has 0 saturated carbocycles. The van der Waals surface area contributed by atoms with Gasteiger partial charge in [0.1, 0.15) is 0 Å². The molecule has 0 aliphatic carbocycles. The van der Waals surface area contributed by atoms with Gasteiger partial charge in [0.2, 0.25) is 5.91 Å². The summed E-state index contributed by atoms with van der Waals surface area (Å²) < 4.78 is 0. The molecule has 0 bridgehead atoms. The number of likely N-dealkylation sites (tertiary alicyclic amines) is 1. The average Bonchev–Trinajstić information content (AvgIpc) is 2.50. The van der Waals surface area contributed by atoms with Crippen molar-refractivity contribution >= 4 is 5.91 Å². The number of nitrogens with zero attached hydrogens (tertiary/aromatic N) is 1. The van der Waals surface area contributed by atoms with Gasteiger partial charge in [-0.2, -0.15) is 0 Å². The van der Waals surface area contributed by atoms with E-state index >= 15 is 0 Å². The van der Waals surface area contributed by atoms with Gasteiger partial charge in [0.15, 0.2) is 0 Å². The van der Waals surface area contributed by atoms with E-state index in [-0.39, 0.29) is 0 Å². The van der Waals surface area contributed by atoms with Gasteiger partial charge >= 0.3 is 0 Å². The molecular formula is C13H26N2O. The normalized spacial score (nSPS) is 23.9. The lowest BCUT2D eigenvalue weighted by molar-refractivity contribution is -0.131. The Labute approximate surface area is 99.4 Å². The van der Waals surface area contributed by atoms with Crippen LogP contribution in [0.15, 0.2) is 0 Å². The molecule has 2 atom stereocenters. The maximum atomic E-state index is 12.0. The van der Waals surface area contributed by atoms with Crippen molar-refractivity contribution in [1.82, 2.24) is 4.90 Å². The van der Waals surface area contributed by atoms with E-state index in [0.717, 1.165) is 31.8 Å². The summed E-state index contributed by atoms with van der Waals surface area (Å²) in [4.78, 5) is 14.0. The van der Waals surface area contributed by atoms with Gasteiger partial charge in [-0.3, -0.25) is 4.79 Å². The number of carbonyl (C=O) groups excluding carboxylic acids is 1. The Bertz CT molecular complexity index is 218. The Kier molecular flexibility index (Phi) is 5.81. The maximum Gasteiger partial charge on any atom is 0.222 e. The van der Waals surface area contributed by atoms with Gasteiger partial charge in [0.05, 0.1) is 0 Å². The molecule has 0 spiro atoms. The number of nitrogens with two attached hydrogens (primary N) is 1. The van der Waals surface area contributed by atoms with Gasteiger partial charge in [-0.1, -0.05) is 13.8 Å². The molecule has 0 aromatic heterocycles. The molecule has 1 heterocycles. The number of amides is 1. The summed E-state index contributed by atoms with van der Waals surface area (Å²) in [6, 6.07) is 0. The third kappa shape index (κ3) is 4.52. The fraction of sp³-hybridized carbons (Fsp3) is 0.923. The molecular weight excluding hydrogens is 200 g/mol. The summed E-state index contributed by atoms with van der Waals surface area (Å²) in [5, 5.41) is 0. The zero-order valence-corrected chi connectivity index (χ0v) is 10.7. The monoisotopic (exact) mass is 226 g/mol. The van der Waals surface area contributed by atoms with E-state index in [4.69, 9.17) is 5.73 Å². The van der Waals surface area contributed by atoms with Crippen LogP contribution >= 0.6 is 0 Å². The van der Waals surface area contributed by atoms with E-state index in [9.17, 15) is 4.79 Å². The van der Waals surface area contributed by atoms with Gasteiger partial charge in [0.25, 0.3) is 0 Å². The Morgan fingerprint density at radius 1 is 1.44 bits per heavy atom. The van der Waals surface area contributed by atoms with Crippen molar-refractivity contribution in [3.8, 4) is 0 Å². The van der Waals surface area contributed by atoms with Crippen LogP contribution < -0.4 is 5.73 Å². The van der Waals surface area contributed by atoms with Crippen LogP contribution in [-0.2, 0) is 4.79 Å². The summed E-state index contributed by atoms with van der Waals surface area (Å²) in [5.41, 5.74) is 5.56. The Morgan fingerprint density at radius 3 is 2.88 bits per heavy atom. The van der Waals surface area contributed by atoms with Crippen molar-refractivity contribution in [2.45, 2.75) is 46.0 Å². The Hall–Kier alpha value is -0.570. The third-order valence-electron chi connectivity index (χ3n) is 3.62.